The Labute approximate surface area is 187 Å². The first-order valence-electron chi connectivity index (χ1n) is 10.3. The lowest BCUT2D eigenvalue weighted by Crippen LogP contribution is -2.24. The molecule has 0 atom stereocenters. The molecule has 0 radical (unpaired) electrons. The maximum Gasteiger partial charge on any atom is 0.260 e. The number of para-hydroxylation sites is 1. The molecule has 0 spiro atoms. The molecule has 5 rings (SSSR count). The normalized spacial score (nSPS) is 12.9. The number of nitrogens with zero attached hydrogens (tertiary/aromatic N) is 3. The third-order valence-corrected chi connectivity index (χ3v) is 6.35. The second kappa shape index (κ2) is 8.43. The third kappa shape index (κ3) is 3.71. The number of aryl methyl sites for hydroxylation is 1. The van der Waals surface area contributed by atoms with Crippen LogP contribution in [0.5, 0.6) is 5.75 Å². The van der Waals surface area contributed by atoms with Crippen molar-refractivity contribution in [2.24, 2.45) is 0 Å². The number of ether oxygens (including phenoxy) is 1. The van der Waals surface area contributed by atoms with E-state index in [0.717, 1.165) is 41.8 Å². The summed E-state index contributed by atoms with van der Waals surface area (Å²) in [4.78, 5) is 34.2. The summed E-state index contributed by atoms with van der Waals surface area (Å²) in [5, 5.41) is 9.52. The lowest BCUT2D eigenvalue weighted by Gasteiger charge is -2.15. The number of hydrogen-bond acceptors (Lipinski definition) is 6. The molecular weight excluding hydrogens is 426 g/mol. The van der Waals surface area contributed by atoms with Gasteiger partial charge < -0.3 is 10.1 Å². The van der Waals surface area contributed by atoms with Crippen LogP contribution in [0.2, 0.25) is 0 Å². The Morgan fingerprint density at radius 3 is 2.84 bits per heavy atom. The predicted molar refractivity (Wildman–Crippen MR) is 123 cm³/mol. The lowest BCUT2D eigenvalue weighted by molar-refractivity contribution is 0.102. The maximum atomic E-state index is 13.1. The molecular formula is C23H21N5O3S. The third-order valence-electron chi connectivity index (χ3n) is 5.46. The van der Waals surface area contributed by atoms with Gasteiger partial charge in [-0.25, -0.2) is 4.98 Å². The highest BCUT2D eigenvalue weighted by atomic mass is 32.1. The van der Waals surface area contributed by atoms with Crippen LogP contribution in [0.3, 0.4) is 0 Å². The second-order valence-electron chi connectivity index (χ2n) is 7.48. The van der Waals surface area contributed by atoms with Crippen molar-refractivity contribution in [1.82, 2.24) is 19.7 Å². The minimum absolute atomic E-state index is 0.153. The van der Waals surface area contributed by atoms with Crippen LogP contribution in [0, 0.1) is 0 Å². The molecule has 1 aromatic carbocycles. The Morgan fingerprint density at radius 2 is 2.03 bits per heavy atom. The van der Waals surface area contributed by atoms with Crippen LogP contribution in [0.4, 0.5) is 5.82 Å². The van der Waals surface area contributed by atoms with E-state index in [2.05, 4.69) is 20.4 Å². The Bertz CT molecular complexity index is 1340. The van der Waals surface area contributed by atoms with Gasteiger partial charge in [-0.05, 0) is 49.3 Å². The van der Waals surface area contributed by atoms with E-state index in [0.29, 0.717) is 22.8 Å². The molecule has 1 aliphatic rings. The van der Waals surface area contributed by atoms with Gasteiger partial charge in [0, 0.05) is 11.6 Å². The van der Waals surface area contributed by atoms with Crippen LogP contribution >= 0.6 is 11.3 Å². The smallest absolute Gasteiger partial charge is 0.260 e. The van der Waals surface area contributed by atoms with E-state index in [1.54, 1.807) is 30.3 Å². The highest BCUT2D eigenvalue weighted by Gasteiger charge is 2.21. The molecule has 9 heteroatoms. The number of carbonyl (C=O) groups is 1. The summed E-state index contributed by atoms with van der Waals surface area (Å²) in [7, 11) is 1.52. The molecule has 3 heterocycles. The van der Waals surface area contributed by atoms with Crippen LogP contribution in [-0.2, 0) is 12.8 Å². The highest BCUT2D eigenvalue weighted by molar-refractivity contribution is 7.13. The van der Waals surface area contributed by atoms with Gasteiger partial charge in [-0.2, -0.15) is 9.78 Å². The van der Waals surface area contributed by atoms with E-state index < -0.39 is 0 Å². The Balaban J connectivity index is 1.59. The summed E-state index contributed by atoms with van der Waals surface area (Å²) in [5.74, 6) is 0.813. The fourth-order valence-corrected chi connectivity index (χ4v) is 4.56. The van der Waals surface area contributed by atoms with E-state index in [9.17, 15) is 9.59 Å². The molecule has 1 amide bonds. The van der Waals surface area contributed by atoms with E-state index in [4.69, 9.17) is 4.74 Å². The fourth-order valence-electron chi connectivity index (χ4n) is 3.88. The number of anilines is 1. The molecule has 0 bridgehead atoms. The van der Waals surface area contributed by atoms with Gasteiger partial charge in [-0.15, -0.1) is 11.3 Å². The molecule has 3 aromatic heterocycles. The highest BCUT2D eigenvalue weighted by Crippen LogP contribution is 2.28. The van der Waals surface area contributed by atoms with Gasteiger partial charge in [-0.3, -0.25) is 14.6 Å². The first-order valence-corrected chi connectivity index (χ1v) is 11.2. The monoisotopic (exact) mass is 447 g/mol. The number of aromatic amines is 1. The van der Waals surface area contributed by atoms with Gasteiger partial charge >= 0.3 is 0 Å². The number of methoxy groups -OCH3 is 1. The molecule has 0 unspecified atom stereocenters. The van der Waals surface area contributed by atoms with Crippen LogP contribution < -0.4 is 15.6 Å². The number of fused-ring (bicyclic) bond motifs is 1. The van der Waals surface area contributed by atoms with Crippen molar-refractivity contribution >= 4 is 23.1 Å². The van der Waals surface area contributed by atoms with E-state index in [-0.39, 0.29) is 17.4 Å². The predicted octanol–water partition coefficient (Wildman–Crippen LogP) is 3.82. The zero-order valence-electron chi connectivity index (χ0n) is 17.4. The molecule has 1 aliphatic carbocycles. The fraction of sp³-hybridized carbons (Fsp3) is 0.217. The van der Waals surface area contributed by atoms with Gasteiger partial charge in [0.2, 0.25) is 5.95 Å². The number of nitrogens with one attached hydrogen (secondary N) is 2. The number of hydrogen-bond donors (Lipinski definition) is 2. The van der Waals surface area contributed by atoms with Crippen molar-refractivity contribution in [2.45, 2.75) is 25.7 Å². The van der Waals surface area contributed by atoms with Crippen molar-refractivity contribution in [3.05, 3.63) is 75.0 Å². The van der Waals surface area contributed by atoms with Crippen LogP contribution in [0.25, 0.3) is 16.5 Å². The largest absolute Gasteiger partial charge is 0.496 e. The number of benzene rings is 1. The van der Waals surface area contributed by atoms with Gasteiger partial charge in [0.15, 0.2) is 0 Å². The topological polar surface area (TPSA) is 102 Å². The summed E-state index contributed by atoms with van der Waals surface area (Å²) in [6, 6.07) is 12.7. The average molecular weight is 448 g/mol. The van der Waals surface area contributed by atoms with Crippen molar-refractivity contribution in [2.75, 3.05) is 12.4 Å². The molecule has 0 saturated heterocycles. The minimum Gasteiger partial charge on any atom is -0.496 e. The number of carbonyl (C=O) groups excluding carboxylic acids is 1. The summed E-state index contributed by atoms with van der Waals surface area (Å²) < 4.78 is 6.80. The summed E-state index contributed by atoms with van der Waals surface area (Å²) in [6.45, 7) is 0. The molecule has 0 aliphatic heterocycles. The molecule has 32 heavy (non-hydrogen) atoms. The van der Waals surface area contributed by atoms with Gasteiger partial charge in [0.25, 0.3) is 11.5 Å². The van der Waals surface area contributed by atoms with Crippen molar-refractivity contribution < 1.29 is 9.53 Å². The van der Waals surface area contributed by atoms with Crippen molar-refractivity contribution in [3.63, 3.8) is 0 Å². The van der Waals surface area contributed by atoms with Gasteiger partial charge in [-0.1, -0.05) is 18.2 Å². The molecule has 2 N–H and O–H groups in total. The standard InChI is InChI=1S/C23H21N5O3S/c1-31-18-10-5-3-8-15(18)22(30)25-20-13-17(19-11-6-12-32-19)27-28(20)23-24-16-9-4-2-7-14(16)21(29)26-23/h3,5-6,8,10-13H,2,4,7,9H2,1H3,(H,25,30)(H,24,26,29). The molecule has 162 valence electrons. The number of amides is 1. The van der Waals surface area contributed by atoms with E-state index in [1.165, 1.54) is 23.1 Å². The molecule has 4 aromatic rings. The van der Waals surface area contributed by atoms with Crippen molar-refractivity contribution in [1.29, 1.82) is 0 Å². The lowest BCUT2D eigenvalue weighted by atomic mass is 9.97. The summed E-state index contributed by atoms with van der Waals surface area (Å²) >= 11 is 1.54. The molecule has 0 saturated carbocycles. The number of H-pyrrole nitrogens is 1. The van der Waals surface area contributed by atoms with E-state index >= 15 is 0 Å². The van der Waals surface area contributed by atoms with Gasteiger partial charge in [0.05, 0.1) is 23.2 Å². The number of thiophene rings is 1. The minimum atomic E-state index is -0.346. The van der Waals surface area contributed by atoms with Crippen molar-refractivity contribution in [3.8, 4) is 22.3 Å². The average Bonchev–Trinajstić information content (AvgIpc) is 3.49. The van der Waals surface area contributed by atoms with E-state index in [1.807, 2.05) is 17.5 Å². The quantitative estimate of drug-likeness (QED) is 0.484. The summed E-state index contributed by atoms with van der Waals surface area (Å²) in [6.07, 6.45) is 3.48. The summed E-state index contributed by atoms with van der Waals surface area (Å²) in [5.41, 5.74) is 2.46. The Morgan fingerprint density at radius 1 is 1.19 bits per heavy atom. The Kier molecular flexibility index (Phi) is 5.32. The van der Waals surface area contributed by atoms with Crippen LogP contribution in [-0.4, -0.2) is 32.8 Å². The number of aromatic nitrogens is 4. The van der Waals surface area contributed by atoms with Crippen LogP contribution in [0.15, 0.2) is 52.6 Å². The SMILES string of the molecule is COc1ccccc1C(=O)Nc1cc(-c2cccs2)nn1-c1nc2c(c(=O)[nH]1)CCCC2. The zero-order valence-corrected chi connectivity index (χ0v) is 18.2. The zero-order chi connectivity index (χ0) is 22.1. The first kappa shape index (κ1) is 20.2. The maximum absolute atomic E-state index is 13.1. The molecule has 0 fully saturated rings. The first-order chi connectivity index (χ1) is 15.6. The van der Waals surface area contributed by atoms with Gasteiger partial charge in [0.1, 0.15) is 17.3 Å². The Hall–Kier alpha value is -3.72. The van der Waals surface area contributed by atoms with Crippen LogP contribution in [0.1, 0.15) is 34.5 Å². The molecule has 8 nitrogen and oxygen atoms in total. The number of rotatable bonds is 5. The second-order valence-corrected chi connectivity index (χ2v) is 8.43.